The molecule has 0 radical (unpaired) electrons. The van der Waals surface area contributed by atoms with Crippen LogP contribution in [0.4, 0.5) is 0 Å². The Kier molecular flexibility index (Phi) is 10.8. The van der Waals surface area contributed by atoms with Gasteiger partial charge in [0, 0.05) is 27.6 Å². The van der Waals surface area contributed by atoms with Crippen molar-refractivity contribution in [2.75, 3.05) is 52.7 Å². The van der Waals surface area contributed by atoms with Gasteiger partial charge >= 0.3 is 0 Å². The van der Waals surface area contributed by atoms with Crippen LogP contribution in [0.3, 0.4) is 0 Å². The zero-order valence-electron chi connectivity index (χ0n) is 24.5. The van der Waals surface area contributed by atoms with E-state index in [1.807, 2.05) is 35.8 Å². The Morgan fingerprint density at radius 1 is 1.05 bits per heavy atom. The highest BCUT2D eigenvalue weighted by Crippen LogP contribution is 2.39. The van der Waals surface area contributed by atoms with E-state index in [0.29, 0.717) is 56.5 Å². The van der Waals surface area contributed by atoms with E-state index in [9.17, 15) is 4.79 Å². The summed E-state index contributed by atoms with van der Waals surface area (Å²) in [6.45, 7) is 11.1. The number of ether oxygens (including phenoxy) is 3. The van der Waals surface area contributed by atoms with Gasteiger partial charge in [-0.1, -0.05) is 23.7 Å². The summed E-state index contributed by atoms with van der Waals surface area (Å²) in [6.07, 6.45) is 2.59. The van der Waals surface area contributed by atoms with E-state index >= 15 is 0 Å². The second kappa shape index (κ2) is 14.7. The van der Waals surface area contributed by atoms with E-state index in [-0.39, 0.29) is 12.3 Å². The number of halogens is 1. The normalized spacial score (nSPS) is 17.0. The number of hydrogen-bond donors (Lipinski definition) is 2. The van der Waals surface area contributed by atoms with E-state index < -0.39 is 6.04 Å². The first-order valence-corrected chi connectivity index (χ1v) is 15.7. The van der Waals surface area contributed by atoms with Crippen LogP contribution in [0.2, 0.25) is 5.02 Å². The van der Waals surface area contributed by atoms with Crippen LogP contribution in [0.15, 0.2) is 29.3 Å². The first kappa shape index (κ1) is 30.8. The lowest BCUT2D eigenvalue weighted by Gasteiger charge is -2.22. The average molecular weight is 615 g/mol. The fourth-order valence-electron chi connectivity index (χ4n) is 5.20. The van der Waals surface area contributed by atoms with Gasteiger partial charge in [0.1, 0.15) is 16.9 Å². The molecule has 12 heteroatoms. The van der Waals surface area contributed by atoms with Crippen molar-refractivity contribution >= 4 is 34.6 Å². The van der Waals surface area contributed by atoms with Crippen LogP contribution < -0.4 is 10.6 Å². The number of carbonyl (C=O) groups excluding carboxylic acids is 1. The van der Waals surface area contributed by atoms with Crippen molar-refractivity contribution in [3.8, 4) is 5.00 Å². The molecule has 10 nitrogen and oxygen atoms in total. The number of thiophene rings is 1. The number of rotatable bonds is 13. The molecule has 2 N–H and O–H groups in total. The molecule has 1 amide bonds. The Hall–Kier alpha value is -2.67. The quantitative estimate of drug-likeness (QED) is 0.279. The molecule has 1 fully saturated rings. The van der Waals surface area contributed by atoms with Gasteiger partial charge in [-0.25, -0.2) is 0 Å². The van der Waals surface area contributed by atoms with Gasteiger partial charge in [-0.2, -0.15) is 0 Å². The fraction of sp³-hybridized carbons (Fsp3) is 0.533. The minimum Gasteiger partial charge on any atom is -0.377 e. The Morgan fingerprint density at radius 2 is 1.76 bits per heavy atom. The summed E-state index contributed by atoms with van der Waals surface area (Å²) in [5, 5.41) is 16.8. The monoisotopic (exact) mass is 614 g/mol. The number of fused-ring (bicyclic) bond motifs is 3. The number of piperidine rings is 1. The number of aryl methyl sites for hydroxylation is 2. The molecule has 2 aliphatic heterocycles. The van der Waals surface area contributed by atoms with E-state index in [1.165, 1.54) is 4.88 Å². The lowest BCUT2D eigenvalue weighted by molar-refractivity contribution is -0.121. The summed E-state index contributed by atoms with van der Waals surface area (Å²) in [4.78, 5) is 19.4. The molecule has 5 rings (SSSR count). The Balaban J connectivity index is 1.15. The van der Waals surface area contributed by atoms with Gasteiger partial charge in [-0.15, -0.1) is 21.5 Å². The standard InChI is InChI=1S/C30H39ClN6O4S/c1-19-20(2)42-30-27(19)28(22-4-6-23(31)7-5-22)34-25(29-36-35-21(3)37(29)30)18-26(38)33-12-13-39-14-15-40-16-17-41-24-8-10-32-11-9-24/h4-7,24-25,32H,8-18H2,1-3H3,(H,33,38)/t25-/m0/s1. The Bertz CT molecular complexity index is 1380. The number of nitrogens with one attached hydrogen (secondary N) is 2. The molecule has 0 saturated carbocycles. The number of amides is 1. The molecule has 2 aromatic heterocycles. The highest BCUT2D eigenvalue weighted by molar-refractivity contribution is 7.15. The van der Waals surface area contributed by atoms with Gasteiger partial charge in [0.25, 0.3) is 0 Å². The highest BCUT2D eigenvalue weighted by Gasteiger charge is 2.32. The second-order valence-corrected chi connectivity index (χ2v) is 12.1. The van der Waals surface area contributed by atoms with Crippen molar-refractivity contribution < 1.29 is 19.0 Å². The van der Waals surface area contributed by atoms with E-state index in [2.05, 4.69) is 34.7 Å². The van der Waals surface area contributed by atoms with Gasteiger partial charge < -0.3 is 24.8 Å². The second-order valence-electron chi connectivity index (χ2n) is 10.5. The van der Waals surface area contributed by atoms with Gasteiger partial charge in [0.05, 0.1) is 51.3 Å². The molecule has 0 spiro atoms. The summed E-state index contributed by atoms with van der Waals surface area (Å²) in [7, 11) is 0. The smallest absolute Gasteiger partial charge is 0.222 e. The lowest BCUT2D eigenvalue weighted by Crippen LogP contribution is -2.33. The number of aliphatic imine (C=N–C) groups is 1. The molecule has 1 saturated heterocycles. The zero-order valence-corrected chi connectivity index (χ0v) is 26.0. The Labute approximate surface area is 255 Å². The first-order chi connectivity index (χ1) is 20.4. The Morgan fingerprint density at radius 3 is 2.52 bits per heavy atom. The van der Waals surface area contributed by atoms with Gasteiger partial charge in [0.15, 0.2) is 5.82 Å². The van der Waals surface area contributed by atoms with Crippen LogP contribution in [0.25, 0.3) is 5.00 Å². The van der Waals surface area contributed by atoms with Crippen LogP contribution in [0.5, 0.6) is 0 Å². The maximum absolute atomic E-state index is 13.0. The van der Waals surface area contributed by atoms with E-state index in [0.717, 1.165) is 59.2 Å². The van der Waals surface area contributed by atoms with Gasteiger partial charge in [-0.3, -0.25) is 14.4 Å². The summed E-state index contributed by atoms with van der Waals surface area (Å²) < 4.78 is 19.1. The van der Waals surface area contributed by atoms with E-state index in [4.69, 9.17) is 30.8 Å². The molecule has 1 atom stereocenters. The molecule has 3 aromatic rings. The van der Waals surface area contributed by atoms with Gasteiger partial charge in [-0.05, 0) is 64.4 Å². The molecule has 0 aliphatic carbocycles. The summed E-state index contributed by atoms with van der Waals surface area (Å²) in [5.74, 6) is 1.30. The maximum Gasteiger partial charge on any atom is 0.222 e. The van der Waals surface area contributed by atoms with Crippen molar-refractivity contribution in [3.05, 3.63) is 62.5 Å². The highest BCUT2D eigenvalue weighted by atomic mass is 35.5. The SMILES string of the molecule is Cc1sc2c(c1C)C(c1ccc(Cl)cc1)=N[C@@H](CC(=O)NCCOCCOCCOC1CCNCC1)c1nnc(C)n1-2. The molecule has 0 unspecified atom stereocenters. The van der Waals surface area contributed by atoms with Crippen LogP contribution in [-0.2, 0) is 19.0 Å². The van der Waals surface area contributed by atoms with Crippen molar-refractivity contribution in [1.82, 2.24) is 25.4 Å². The third kappa shape index (κ3) is 7.45. The van der Waals surface area contributed by atoms with Crippen LogP contribution >= 0.6 is 22.9 Å². The molecule has 4 heterocycles. The molecule has 1 aromatic carbocycles. The topological polar surface area (TPSA) is 112 Å². The zero-order chi connectivity index (χ0) is 29.5. The molecule has 0 bridgehead atoms. The maximum atomic E-state index is 13.0. The van der Waals surface area contributed by atoms with Crippen LogP contribution in [-0.4, -0.2) is 85.2 Å². The molecule has 42 heavy (non-hydrogen) atoms. The predicted molar refractivity (Wildman–Crippen MR) is 164 cm³/mol. The molecule has 2 aliphatic rings. The largest absolute Gasteiger partial charge is 0.377 e. The number of nitrogens with zero attached hydrogens (tertiary/aromatic N) is 4. The van der Waals surface area contributed by atoms with Crippen molar-refractivity contribution in [2.45, 2.75) is 52.2 Å². The van der Waals surface area contributed by atoms with E-state index in [1.54, 1.807) is 11.3 Å². The summed E-state index contributed by atoms with van der Waals surface area (Å²) in [5.41, 5.74) is 3.97. The van der Waals surface area contributed by atoms with Crippen molar-refractivity contribution in [1.29, 1.82) is 0 Å². The number of benzene rings is 1. The number of hydrogen-bond acceptors (Lipinski definition) is 9. The van der Waals surface area contributed by atoms with Gasteiger partial charge in [0.2, 0.25) is 5.91 Å². The minimum atomic E-state index is -0.502. The van der Waals surface area contributed by atoms with Crippen LogP contribution in [0, 0.1) is 20.8 Å². The molecule has 226 valence electrons. The summed E-state index contributed by atoms with van der Waals surface area (Å²) >= 11 is 7.88. The van der Waals surface area contributed by atoms with Crippen LogP contribution in [0.1, 0.15) is 58.5 Å². The van der Waals surface area contributed by atoms with Crippen molar-refractivity contribution in [3.63, 3.8) is 0 Å². The first-order valence-electron chi connectivity index (χ1n) is 14.5. The minimum absolute atomic E-state index is 0.125. The molecular formula is C30H39ClN6O4S. The number of aromatic nitrogens is 3. The molecular weight excluding hydrogens is 576 g/mol. The average Bonchev–Trinajstić information content (AvgIpc) is 3.47. The number of carbonyl (C=O) groups is 1. The summed E-state index contributed by atoms with van der Waals surface area (Å²) in [6, 6.07) is 7.16. The third-order valence-corrected chi connectivity index (χ3v) is 8.99. The fourth-order valence-corrected chi connectivity index (χ4v) is 6.54. The third-order valence-electron chi connectivity index (χ3n) is 7.54. The van der Waals surface area contributed by atoms with Crippen molar-refractivity contribution in [2.24, 2.45) is 4.99 Å². The lowest BCUT2D eigenvalue weighted by atomic mass is 9.99. The predicted octanol–water partition coefficient (Wildman–Crippen LogP) is 4.11.